The smallest absolute Gasteiger partial charge is 0.0739 e. The second-order valence-electron chi connectivity index (χ2n) is 5.29. The second-order valence-corrected chi connectivity index (χ2v) is 7.08. The Hall–Kier alpha value is -0.650. The van der Waals surface area contributed by atoms with E-state index in [1.807, 2.05) is 11.3 Å². The minimum atomic E-state index is 0.498. The third-order valence-corrected chi connectivity index (χ3v) is 6.05. The first-order valence-corrected chi connectivity index (χ1v) is 8.89. The van der Waals surface area contributed by atoms with E-state index in [0.717, 1.165) is 23.3 Å². The summed E-state index contributed by atoms with van der Waals surface area (Å²) in [4.78, 5) is 1.56. The van der Waals surface area contributed by atoms with E-state index in [-0.39, 0.29) is 0 Å². The van der Waals surface area contributed by atoms with E-state index in [9.17, 15) is 0 Å². The molecule has 20 heavy (non-hydrogen) atoms. The number of thiophene rings is 1. The lowest BCUT2D eigenvalue weighted by atomic mass is 9.94. The Labute approximate surface area is 132 Å². The third kappa shape index (κ3) is 2.59. The van der Waals surface area contributed by atoms with Crippen LogP contribution in [0.3, 0.4) is 0 Å². The van der Waals surface area contributed by atoms with Gasteiger partial charge in [0.15, 0.2) is 0 Å². The maximum absolute atomic E-state index is 4.56. The zero-order chi connectivity index (χ0) is 14.1. The molecule has 0 radical (unpaired) electrons. The standard InChI is InChI=1S/C15H20BrN3S/c1-3-19-13(15(16)10(2)18-19)9-17-12-5-4-6-14-11(12)7-8-20-14/h7-8,12,17H,3-6,9H2,1-2H3. The molecule has 0 fully saturated rings. The molecule has 1 aliphatic rings. The van der Waals surface area contributed by atoms with Crippen LogP contribution in [-0.4, -0.2) is 9.78 Å². The van der Waals surface area contributed by atoms with Gasteiger partial charge in [0.1, 0.15) is 0 Å². The molecule has 2 heterocycles. The van der Waals surface area contributed by atoms with Gasteiger partial charge < -0.3 is 5.32 Å². The summed E-state index contributed by atoms with van der Waals surface area (Å²) in [6.07, 6.45) is 3.78. The fourth-order valence-corrected chi connectivity index (χ4v) is 4.37. The average molecular weight is 354 g/mol. The van der Waals surface area contributed by atoms with Crippen molar-refractivity contribution in [1.29, 1.82) is 0 Å². The van der Waals surface area contributed by atoms with Gasteiger partial charge in [-0.1, -0.05) is 0 Å². The van der Waals surface area contributed by atoms with Gasteiger partial charge in [-0.3, -0.25) is 4.68 Å². The van der Waals surface area contributed by atoms with Crippen LogP contribution in [0.25, 0.3) is 0 Å². The maximum Gasteiger partial charge on any atom is 0.0739 e. The van der Waals surface area contributed by atoms with Crippen LogP contribution in [0.1, 0.15) is 47.6 Å². The van der Waals surface area contributed by atoms with E-state index >= 15 is 0 Å². The highest BCUT2D eigenvalue weighted by molar-refractivity contribution is 9.10. The summed E-state index contributed by atoms with van der Waals surface area (Å²) in [6.45, 7) is 5.98. The van der Waals surface area contributed by atoms with Crippen molar-refractivity contribution < 1.29 is 0 Å². The number of rotatable bonds is 4. The number of nitrogens with one attached hydrogen (secondary N) is 1. The fraction of sp³-hybridized carbons (Fsp3) is 0.533. The Bertz CT molecular complexity index is 602. The molecule has 0 saturated carbocycles. The van der Waals surface area contributed by atoms with Crippen LogP contribution >= 0.6 is 27.3 Å². The topological polar surface area (TPSA) is 29.9 Å². The monoisotopic (exact) mass is 353 g/mol. The molecule has 3 rings (SSSR count). The van der Waals surface area contributed by atoms with Gasteiger partial charge >= 0.3 is 0 Å². The molecule has 0 spiro atoms. The lowest BCUT2D eigenvalue weighted by molar-refractivity contribution is 0.449. The lowest BCUT2D eigenvalue weighted by Crippen LogP contribution is -2.25. The van der Waals surface area contributed by atoms with Crippen LogP contribution in [-0.2, 0) is 19.5 Å². The van der Waals surface area contributed by atoms with Crippen molar-refractivity contribution in [1.82, 2.24) is 15.1 Å². The van der Waals surface area contributed by atoms with Crippen molar-refractivity contribution in [3.63, 3.8) is 0 Å². The predicted octanol–water partition coefficient (Wildman–Crippen LogP) is 4.20. The highest BCUT2D eigenvalue weighted by Crippen LogP contribution is 2.33. The molecule has 2 aromatic rings. The molecular formula is C15H20BrN3S. The minimum Gasteiger partial charge on any atom is -0.304 e. The molecular weight excluding hydrogens is 334 g/mol. The normalized spacial score (nSPS) is 18.2. The molecule has 1 N–H and O–H groups in total. The van der Waals surface area contributed by atoms with Gasteiger partial charge in [0.2, 0.25) is 0 Å². The van der Waals surface area contributed by atoms with Gasteiger partial charge in [-0.05, 0) is 66.0 Å². The minimum absolute atomic E-state index is 0.498. The van der Waals surface area contributed by atoms with Gasteiger partial charge in [-0.2, -0.15) is 5.10 Å². The SMILES string of the molecule is CCn1nc(C)c(Br)c1CNC1CCCc2sccc21. The molecule has 0 amide bonds. The van der Waals surface area contributed by atoms with Crippen LogP contribution in [0, 0.1) is 6.92 Å². The zero-order valence-corrected chi connectivity index (χ0v) is 14.4. The third-order valence-electron chi connectivity index (χ3n) is 4.02. The summed E-state index contributed by atoms with van der Waals surface area (Å²) in [5, 5.41) is 10.5. The molecule has 3 nitrogen and oxygen atoms in total. The van der Waals surface area contributed by atoms with E-state index in [2.05, 4.69) is 56.3 Å². The number of aromatic nitrogens is 2. The molecule has 0 bridgehead atoms. The molecule has 0 aliphatic heterocycles. The second kappa shape index (κ2) is 6.00. The Morgan fingerprint density at radius 3 is 3.20 bits per heavy atom. The molecule has 1 atom stereocenters. The molecule has 1 unspecified atom stereocenters. The van der Waals surface area contributed by atoms with E-state index in [1.54, 1.807) is 4.88 Å². The summed E-state index contributed by atoms with van der Waals surface area (Å²) in [7, 11) is 0. The number of hydrogen-bond acceptors (Lipinski definition) is 3. The van der Waals surface area contributed by atoms with Gasteiger partial charge in [-0.15, -0.1) is 11.3 Å². The molecule has 1 aliphatic carbocycles. The summed E-state index contributed by atoms with van der Waals surface area (Å²) in [5.74, 6) is 0. The summed E-state index contributed by atoms with van der Waals surface area (Å²) >= 11 is 5.57. The van der Waals surface area contributed by atoms with Crippen molar-refractivity contribution >= 4 is 27.3 Å². The van der Waals surface area contributed by atoms with Crippen molar-refractivity contribution in [2.24, 2.45) is 0 Å². The van der Waals surface area contributed by atoms with Gasteiger partial charge in [0.05, 0.1) is 15.9 Å². The number of halogens is 1. The number of aryl methyl sites for hydroxylation is 3. The van der Waals surface area contributed by atoms with Crippen LogP contribution in [0.2, 0.25) is 0 Å². The molecule has 108 valence electrons. The van der Waals surface area contributed by atoms with Gasteiger partial charge in [0.25, 0.3) is 0 Å². The highest BCUT2D eigenvalue weighted by Gasteiger charge is 2.21. The quantitative estimate of drug-likeness (QED) is 0.892. The Morgan fingerprint density at radius 2 is 2.40 bits per heavy atom. The highest BCUT2D eigenvalue weighted by atomic mass is 79.9. The first-order chi connectivity index (χ1) is 9.70. The predicted molar refractivity (Wildman–Crippen MR) is 87.2 cm³/mol. The summed E-state index contributed by atoms with van der Waals surface area (Å²) in [6, 6.07) is 2.78. The lowest BCUT2D eigenvalue weighted by Gasteiger charge is -2.24. The van der Waals surface area contributed by atoms with Crippen LogP contribution < -0.4 is 5.32 Å². The molecule has 5 heteroatoms. The summed E-state index contributed by atoms with van der Waals surface area (Å²) < 4.78 is 3.23. The first-order valence-electron chi connectivity index (χ1n) is 7.22. The van der Waals surface area contributed by atoms with E-state index in [1.165, 1.54) is 30.5 Å². The zero-order valence-electron chi connectivity index (χ0n) is 11.9. The van der Waals surface area contributed by atoms with Gasteiger partial charge in [0, 0.05) is 24.0 Å². The molecule has 0 aromatic carbocycles. The van der Waals surface area contributed by atoms with Crippen molar-refractivity contribution in [2.75, 3.05) is 0 Å². The van der Waals surface area contributed by atoms with Crippen molar-refractivity contribution in [3.05, 3.63) is 37.7 Å². The van der Waals surface area contributed by atoms with Gasteiger partial charge in [-0.25, -0.2) is 0 Å². The van der Waals surface area contributed by atoms with Crippen molar-refractivity contribution in [2.45, 2.75) is 52.2 Å². The number of hydrogen-bond donors (Lipinski definition) is 1. The van der Waals surface area contributed by atoms with Crippen molar-refractivity contribution in [3.8, 4) is 0 Å². The first kappa shape index (κ1) is 14.3. The van der Waals surface area contributed by atoms with E-state index in [4.69, 9.17) is 0 Å². The Kier molecular flexibility index (Phi) is 4.29. The average Bonchev–Trinajstić information content (AvgIpc) is 3.03. The van der Waals surface area contributed by atoms with Crippen LogP contribution in [0.5, 0.6) is 0 Å². The Balaban J connectivity index is 1.75. The van der Waals surface area contributed by atoms with E-state index < -0.39 is 0 Å². The van der Waals surface area contributed by atoms with E-state index in [0.29, 0.717) is 6.04 Å². The summed E-state index contributed by atoms with van der Waals surface area (Å²) in [5.41, 5.74) is 3.84. The fourth-order valence-electron chi connectivity index (χ4n) is 2.96. The largest absolute Gasteiger partial charge is 0.304 e. The number of fused-ring (bicyclic) bond motifs is 1. The molecule has 2 aromatic heterocycles. The number of nitrogens with zero attached hydrogens (tertiary/aromatic N) is 2. The van der Waals surface area contributed by atoms with Crippen LogP contribution in [0.15, 0.2) is 15.9 Å². The maximum atomic E-state index is 4.56. The van der Waals surface area contributed by atoms with Crippen LogP contribution in [0.4, 0.5) is 0 Å². The molecule has 0 saturated heterocycles. The Morgan fingerprint density at radius 1 is 1.55 bits per heavy atom.